The van der Waals surface area contributed by atoms with Gasteiger partial charge in [0.15, 0.2) is 18.2 Å². The SMILES string of the molecule is CNC(=O)COc1cc2cc(Nc3nc(N4CCC(OCCOCCOCCOCCOCCOc5cc(-c6scnc6C)ccc5CNC(=O)[C@@H]5C[C@@H](O)CN5C(=O)C(c5cc(C)no5)C(C)C)CC4)ncc3Cl)ccc2n(C)c1=O. The fourth-order valence-electron chi connectivity index (χ4n) is 9.66. The summed E-state index contributed by atoms with van der Waals surface area (Å²) in [4.78, 5) is 70.4. The average Bonchev–Trinajstić information content (AvgIpc) is 4.27. The summed E-state index contributed by atoms with van der Waals surface area (Å²) in [5, 5.41) is 24.4. The van der Waals surface area contributed by atoms with Crippen molar-refractivity contribution in [1.82, 2.24) is 40.2 Å². The number of pyridine rings is 1. The Kier molecular flexibility index (Phi) is 22.4. The number of aryl methyl sites for hydroxylation is 3. The molecule has 2 fully saturated rings. The molecule has 0 aliphatic carbocycles. The van der Waals surface area contributed by atoms with Crippen LogP contribution in [0, 0.1) is 19.8 Å². The molecule has 23 nitrogen and oxygen atoms in total. The van der Waals surface area contributed by atoms with Crippen LogP contribution in [-0.4, -0.2) is 170 Å². The van der Waals surface area contributed by atoms with Crippen LogP contribution < -0.4 is 35.9 Å². The summed E-state index contributed by atoms with van der Waals surface area (Å²) >= 11 is 8.07. The van der Waals surface area contributed by atoms with Crippen LogP contribution in [0.15, 0.2) is 69.6 Å². The number of anilines is 3. The van der Waals surface area contributed by atoms with Crippen LogP contribution in [0.3, 0.4) is 0 Å². The molecule has 1 unspecified atom stereocenters. The number of hydrogen-bond donors (Lipinski definition) is 4. The van der Waals surface area contributed by atoms with Crippen molar-refractivity contribution in [3.63, 3.8) is 0 Å². The van der Waals surface area contributed by atoms with Crippen molar-refractivity contribution in [3.8, 4) is 21.9 Å². The van der Waals surface area contributed by atoms with Gasteiger partial charge in [-0.15, -0.1) is 11.3 Å². The number of carbonyl (C=O) groups is 3. The van der Waals surface area contributed by atoms with Gasteiger partial charge in [0.05, 0.1) is 105 Å². The van der Waals surface area contributed by atoms with Crippen molar-refractivity contribution in [1.29, 1.82) is 0 Å². The molecule has 8 rings (SSSR count). The zero-order valence-corrected chi connectivity index (χ0v) is 48.7. The normalized spacial score (nSPS) is 16.0. The first kappa shape index (κ1) is 61.3. The minimum atomic E-state index is -0.857. The van der Waals surface area contributed by atoms with E-state index in [1.807, 2.05) is 57.2 Å². The molecule has 2 aromatic carbocycles. The third kappa shape index (κ3) is 16.5. The molecule has 2 saturated heterocycles. The van der Waals surface area contributed by atoms with Crippen LogP contribution in [0.5, 0.6) is 11.5 Å². The number of halogens is 1. The van der Waals surface area contributed by atoms with Crippen molar-refractivity contribution in [3.05, 3.63) is 98.3 Å². The van der Waals surface area contributed by atoms with Crippen molar-refractivity contribution < 1.29 is 57.2 Å². The van der Waals surface area contributed by atoms with Gasteiger partial charge in [-0.25, -0.2) is 9.97 Å². The van der Waals surface area contributed by atoms with E-state index in [0.717, 1.165) is 39.9 Å². The summed E-state index contributed by atoms with van der Waals surface area (Å²) in [5.74, 6) is 0.280. The maximum atomic E-state index is 13.9. The predicted octanol–water partition coefficient (Wildman–Crippen LogP) is 5.73. The number of nitrogens with zero attached hydrogens (tertiary/aromatic N) is 7. The van der Waals surface area contributed by atoms with E-state index in [4.69, 9.17) is 54.3 Å². The van der Waals surface area contributed by atoms with Crippen molar-refractivity contribution >= 4 is 69.0 Å². The summed E-state index contributed by atoms with van der Waals surface area (Å²) < 4.78 is 47.7. The third-order valence-corrected chi connectivity index (χ3v) is 15.3. The number of piperidine rings is 1. The lowest BCUT2D eigenvalue weighted by Crippen LogP contribution is -2.48. The Morgan fingerprint density at radius 3 is 2.24 bits per heavy atom. The molecule has 2 aliphatic heterocycles. The zero-order valence-electron chi connectivity index (χ0n) is 47.2. The number of likely N-dealkylation sites (tertiary alicyclic amines) is 1. The number of carbonyl (C=O) groups excluding carboxylic acids is 3. The highest BCUT2D eigenvalue weighted by Crippen LogP contribution is 2.34. The van der Waals surface area contributed by atoms with E-state index in [1.165, 1.54) is 27.9 Å². The third-order valence-electron chi connectivity index (χ3n) is 14.0. The molecule has 3 atom stereocenters. The van der Waals surface area contributed by atoms with E-state index in [9.17, 15) is 24.3 Å². The number of benzene rings is 2. The first-order chi connectivity index (χ1) is 39.7. The van der Waals surface area contributed by atoms with E-state index < -0.39 is 18.1 Å². The largest absolute Gasteiger partial charge is 0.491 e. The Labute approximate surface area is 484 Å². The number of nitrogens with one attached hydrogen (secondary N) is 3. The number of rotatable bonds is 30. The molecule has 3 amide bonds. The van der Waals surface area contributed by atoms with E-state index >= 15 is 0 Å². The number of ether oxygens (including phenoxy) is 7. The second-order valence-electron chi connectivity index (χ2n) is 20.3. The lowest BCUT2D eigenvalue weighted by molar-refractivity contribution is -0.141. The molecule has 25 heteroatoms. The van der Waals surface area contributed by atoms with Crippen LogP contribution in [-0.2, 0) is 51.7 Å². The highest BCUT2D eigenvalue weighted by atomic mass is 35.5. The molecular formula is C57H73ClN10O13S. The molecule has 442 valence electrons. The molecule has 0 radical (unpaired) electrons. The van der Waals surface area contributed by atoms with Gasteiger partial charge in [0, 0.05) is 69.4 Å². The number of aromatic nitrogens is 5. The molecule has 0 spiro atoms. The predicted molar refractivity (Wildman–Crippen MR) is 308 cm³/mol. The molecule has 4 N–H and O–H groups in total. The smallest absolute Gasteiger partial charge is 0.293 e. The molecular weight excluding hydrogens is 1100 g/mol. The van der Waals surface area contributed by atoms with Gasteiger partial charge in [-0.2, -0.15) is 4.98 Å². The van der Waals surface area contributed by atoms with Crippen LogP contribution in [0.1, 0.15) is 61.7 Å². The van der Waals surface area contributed by atoms with Crippen molar-refractivity contribution in [2.24, 2.45) is 13.0 Å². The summed E-state index contributed by atoms with van der Waals surface area (Å²) in [5.41, 5.74) is 6.06. The minimum absolute atomic E-state index is 0.0443. The van der Waals surface area contributed by atoms with Gasteiger partial charge in [-0.05, 0) is 68.5 Å². The quantitative estimate of drug-likeness (QED) is 0.0393. The first-order valence-electron chi connectivity index (χ1n) is 27.5. The van der Waals surface area contributed by atoms with Crippen molar-refractivity contribution in [2.45, 2.75) is 77.7 Å². The lowest BCUT2D eigenvalue weighted by Gasteiger charge is -2.32. The Bertz CT molecular complexity index is 3150. The fourth-order valence-corrected chi connectivity index (χ4v) is 10.6. The number of aliphatic hydroxyl groups excluding tert-OH is 1. The number of amides is 3. The molecule has 82 heavy (non-hydrogen) atoms. The molecule has 6 aromatic rings. The number of thiazole rings is 1. The highest BCUT2D eigenvalue weighted by Gasteiger charge is 2.43. The molecule has 2 aliphatic rings. The average molecular weight is 1170 g/mol. The number of aliphatic hydroxyl groups is 1. The summed E-state index contributed by atoms with van der Waals surface area (Å²) in [6, 6.07) is 13.8. The van der Waals surface area contributed by atoms with Crippen LogP contribution in [0.2, 0.25) is 5.02 Å². The van der Waals surface area contributed by atoms with Gasteiger partial charge < -0.3 is 73.1 Å². The van der Waals surface area contributed by atoms with E-state index in [2.05, 4.69) is 36.0 Å². The van der Waals surface area contributed by atoms with Gasteiger partial charge in [0.2, 0.25) is 17.8 Å². The number of β-amino-alcohol motifs (C(OH)–C–C–N with tert-alkyl or cyclic N) is 1. The molecule has 0 saturated carbocycles. The standard InChI is InChI=1S/C57H73ClN10O13S/c1-35(2)51(48-25-36(3)65-81-48)56(73)68-32-42(69)29-46(68)54(71)60-30-39-8-7-38(52-37(4)62-34-82-52)27-47(39)79-24-22-77-20-18-75-16-15-74-17-19-76-21-23-78-43-11-13-67(14-12-43)57-61-31-44(58)53(64-57)63-41-9-10-45-40(26-41)28-49(55(72)66(45)6)80-33-50(70)59-5/h7-10,25-28,31,34-35,42-43,46,51,69H,11-24,29-30,32-33H2,1-6H3,(H,59,70)(H,60,71)(H,61,63,64)/t42-,46+,51?/m1/s1. The molecule has 4 aromatic heterocycles. The van der Waals surface area contributed by atoms with E-state index in [0.29, 0.717) is 118 Å². The highest BCUT2D eigenvalue weighted by molar-refractivity contribution is 7.13. The minimum Gasteiger partial charge on any atom is -0.491 e. The van der Waals surface area contributed by atoms with Gasteiger partial charge in [-0.3, -0.25) is 19.2 Å². The Hall–Kier alpha value is -6.77. The summed E-state index contributed by atoms with van der Waals surface area (Å²) in [7, 11) is 3.15. The Morgan fingerprint density at radius 2 is 1.59 bits per heavy atom. The first-order valence-corrected chi connectivity index (χ1v) is 28.7. The van der Waals surface area contributed by atoms with Gasteiger partial charge in [0.25, 0.3) is 11.5 Å². The molecule has 6 heterocycles. The van der Waals surface area contributed by atoms with Gasteiger partial charge >= 0.3 is 0 Å². The summed E-state index contributed by atoms with van der Waals surface area (Å²) in [6.07, 6.45) is 2.52. The van der Waals surface area contributed by atoms with E-state index in [-0.39, 0.29) is 73.8 Å². The Balaban J connectivity index is 0.675. The van der Waals surface area contributed by atoms with Crippen LogP contribution in [0.4, 0.5) is 17.5 Å². The molecule has 0 bridgehead atoms. The van der Waals surface area contributed by atoms with Gasteiger partial charge in [-0.1, -0.05) is 42.7 Å². The van der Waals surface area contributed by atoms with Crippen molar-refractivity contribution in [2.75, 3.05) is 110 Å². The Morgan fingerprint density at radius 1 is 0.878 bits per heavy atom. The van der Waals surface area contributed by atoms with Gasteiger partial charge in [0.1, 0.15) is 35.1 Å². The zero-order chi connectivity index (χ0) is 58.1. The maximum absolute atomic E-state index is 13.9. The fraction of sp³-hybridized carbons (Fsp3) is 0.509. The topological polar surface area (TPSA) is 265 Å². The monoisotopic (exact) mass is 1170 g/mol. The second kappa shape index (κ2) is 30.0. The number of fused-ring (bicyclic) bond motifs is 1. The number of likely N-dealkylation sites (N-methyl/N-ethyl adjacent to an activating group) is 1. The number of hydrogen-bond acceptors (Lipinski definition) is 20. The van der Waals surface area contributed by atoms with Crippen LogP contribution in [0.25, 0.3) is 21.3 Å². The van der Waals surface area contributed by atoms with E-state index in [1.54, 1.807) is 37.8 Å². The summed E-state index contributed by atoms with van der Waals surface area (Å²) in [6.45, 7) is 12.7. The lowest BCUT2D eigenvalue weighted by atomic mass is 9.91. The second-order valence-corrected chi connectivity index (χ2v) is 21.5. The maximum Gasteiger partial charge on any atom is 0.293 e. The van der Waals surface area contributed by atoms with Crippen LogP contribution >= 0.6 is 22.9 Å².